The Balaban J connectivity index is 0.00000385. The molecular weight excluding hydrogens is 426 g/mol. The van der Waals surface area contributed by atoms with Crippen LogP contribution in [0.2, 0.25) is 0 Å². The minimum atomic E-state index is -0.415. The third-order valence-corrected chi connectivity index (χ3v) is 7.21. The topological polar surface area (TPSA) is 23.5 Å². The lowest BCUT2D eigenvalue weighted by atomic mass is 9.84. The second-order valence-corrected chi connectivity index (χ2v) is 11.0. The molecule has 1 atom stereocenters. The van der Waals surface area contributed by atoms with Gasteiger partial charge < -0.3 is 10.0 Å². The third kappa shape index (κ3) is 8.57. The van der Waals surface area contributed by atoms with E-state index in [1.165, 1.54) is 79.7 Å². The molecule has 2 nitrogen and oxygen atoms in total. The summed E-state index contributed by atoms with van der Waals surface area (Å²) in [5, 5.41) is 14.1. The van der Waals surface area contributed by atoms with E-state index in [2.05, 4.69) is 62.9 Å². The highest BCUT2D eigenvalue weighted by Gasteiger charge is 2.20. The first-order chi connectivity index (χ1) is 15.5. The number of nitrogens with zero attached hydrogens (tertiary/aromatic N) is 1. The number of hydrogen-bond acceptors (Lipinski definition) is 2. The number of unbranched alkanes of at least 4 members (excludes halogenated alkanes) is 2. The van der Waals surface area contributed by atoms with Gasteiger partial charge in [-0.3, -0.25) is 0 Å². The maximum absolute atomic E-state index is 11.4. The summed E-state index contributed by atoms with van der Waals surface area (Å²) >= 11 is 0. The third-order valence-electron chi connectivity index (χ3n) is 7.21. The summed E-state index contributed by atoms with van der Waals surface area (Å²) in [4.78, 5) is 2.54. The average molecular weight is 474 g/mol. The molecule has 1 aliphatic carbocycles. The molecule has 3 heteroatoms. The van der Waals surface area contributed by atoms with Crippen LogP contribution in [-0.2, 0) is 12.8 Å². The minimum Gasteiger partial charge on any atom is -0.387 e. The van der Waals surface area contributed by atoms with Crippen molar-refractivity contribution in [3.05, 3.63) is 47.0 Å². The predicted molar refractivity (Wildman–Crippen MR) is 147 cm³/mol. The van der Waals surface area contributed by atoms with Gasteiger partial charge >= 0.3 is 0 Å². The number of aryl methyl sites for hydroxylation is 2. The Morgan fingerprint density at radius 3 is 2.00 bits per heavy atom. The molecule has 0 radical (unpaired) electrons. The molecule has 0 aliphatic heterocycles. The summed E-state index contributed by atoms with van der Waals surface area (Å²) in [6, 6.07) is 11.1. The molecule has 2 aromatic carbocycles. The van der Waals surface area contributed by atoms with Gasteiger partial charge in [0.15, 0.2) is 0 Å². The first kappa shape index (κ1) is 28.1. The van der Waals surface area contributed by atoms with Gasteiger partial charge in [0.2, 0.25) is 0 Å². The highest BCUT2D eigenvalue weighted by atomic mass is 35.5. The second kappa shape index (κ2) is 14.3. The number of benzene rings is 2. The van der Waals surface area contributed by atoms with Crippen LogP contribution in [0.3, 0.4) is 0 Å². The summed E-state index contributed by atoms with van der Waals surface area (Å²) < 4.78 is 0. The van der Waals surface area contributed by atoms with E-state index in [0.29, 0.717) is 0 Å². The highest BCUT2D eigenvalue weighted by molar-refractivity contribution is 5.90. The minimum absolute atomic E-state index is 0. The van der Waals surface area contributed by atoms with E-state index in [1.807, 2.05) is 0 Å². The van der Waals surface area contributed by atoms with E-state index in [9.17, 15) is 5.11 Å². The van der Waals surface area contributed by atoms with Crippen molar-refractivity contribution >= 4 is 23.2 Å². The van der Waals surface area contributed by atoms with Crippen LogP contribution in [0, 0.1) is 11.8 Å². The summed E-state index contributed by atoms with van der Waals surface area (Å²) in [7, 11) is 0. The zero-order valence-corrected chi connectivity index (χ0v) is 22.4. The molecule has 186 valence electrons. The molecular formula is C30H48ClNO. The van der Waals surface area contributed by atoms with Gasteiger partial charge in [0.25, 0.3) is 0 Å². The van der Waals surface area contributed by atoms with Crippen molar-refractivity contribution in [2.75, 3.05) is 19.6 Å². The second-order valence-electron chi connectivity index (χ2n) is 11.0. The van der Waals surface area contributed by atoms with Crippen LogP contribution in [0.25, 0.3) is 10.8 Å². The average Bonchev–Trinajstić information content (AvgIpc) is 2.78. The summed E-state index contributed by atoms with van der Waals surface area (Å²) in [6.07, 6.45) is 12.2. The Hall–Kier alpha value is -1.09. The van der Waals surface area contributed by atoms with Crippen LogP contribution in [-0.4, -0.2) is 29.6 Å². The fourth-order valence-corrected chi connectivity index (χ4v) is 5.35. The van der Waals surface area contributed by atoms with E-state index >= 15 is 0 Å². The molecule has 3 rings (SSSR count). The maximum atomic E-state index is 11.4. The summed E-state index contributed by atoms with van der Waals surface area (Å²) in [5.41, 5.74) is 4.15. The first-order valence-corrected chi connectivity index (χ1v) is 13.4. The quantitative estimate of drug-likeness (QED) is 0.297. The molecule has 0 aromatic heterocycles. The SMILES string of the molecule is CC(C)CCCCN(CCCCC(C)C)CC(O)c1cc2c(c3ccccc13)CCCC2.Cl. The molecule has 0 saturated carbocycles. The van der Waals surface area contributed by atoms with Crippen molar-refractivity contribution in [3.8, 4) is 0 Å². The van der Waals surface area contributed by atoms with E-state index in [0.717, 1.165) is 43.5 Å². The maximum Gasteiger partial charge on any atom is 0.0923 e. The van der Waals surface area contributed by atoms with Crippen molar-refractivity contribution in [1.29, 1.82) is 0 Å². The standard InChI is InChI=1S/C30H47NO.ClH/c1-23(2)13-9-11-19-31(20-12-10-14-24(3)4)22-30(32)29-21-25-15-5-6-16-26(25)27-17-7-8-18-28(27)29;/h7-8,17-18,21,23-24,30,32H,5-6,9-16,19-20,22H2,1-4H3;1H. The smallest absolute Gasteiger partial charge is 0.0923 e. The van der Waals surface area contributed by atoms with Gasteiger partial charge in [-0.05, 0) is 90.9 Å². The van der Waals surface area contributed by atoms with E-state index in [-0.39, 0.29) is 12.4 Å². The Labute approximate surface area is 209 Å². The number of aliphatic hydroxyl groups excluding tert-OH is 1. The highest BCUT2D eigenvalue weighted by Crippen LogP contribution is 2.34. The molecule has 0 amide bonds. The van der Waals surface area contributed by atoms with Gasteiger partial charge in [-0.2, -0.15) is 0 Å². The van der Waals surface area contributed by atoms with E-state index in [1.54, 1.807) is 0 Å². The van der Waals surface area contributed by atoms with Crippen LogP contribution in [0.4, 0.5) is 0 Å². The van der Waals surface area contributed by atoms with Gasteiger partial charge in [0.1, 0.15) is 0 Å². The normalized spacial score (nSPS) is 14.7. The van der Waals surface area contributed by atoms with Crippen LogP contribution >= 0.6 is 12.4 Å². The summed E-state index contributed by atoms with van der Waals surface area (Å²) in [6.45, 7) is 12.2. The Kier molecular flexibility index (Phi) is 12.2. The molecule has 2 aromatic rings. The van der Waals surface area contributed by atoms with Crippen LogP contribution in [0.5, 0.6) is 0 Å². The number of halogens is 1. The molecule has 1 unspecified atom stereocenters. The largest absolute Gasteiger partial charge is 0.387 e. The van der Waals surface area contributed by atoms with Gasteiger partial charge in [0, 0.05) is 6.54 Å². The Morgan fingerprint density at radius 1 is 0.818 bits per heavy atom. The molecule has 0 heterocycles. The van der Waals surface area contributed by atoms with E-state index in [4.69, 9.17) is 0 Å². The van der Waals surface area contributed by atoms with E-state index < -0.39 is 6.10 Å². The Morgan fingerprint density at radius 2 is 1.39 bits per heavy atom. The van der Waals surface area contributed by atoms with Gasteiger partial charge in [0.05, 0.1) is 6.10 Å². The Bertz CT molecular complexity index is 815. The van der Waals surface area contributed by atoms with Gasteiger partial charge in [-0.15, -0.1) is 12.4 Å². The molecule has 33 heavy (non-hydrogen) atoms. The fraction of sp³-hybridized carbons (Fsp3) is 0.667. The number of aliphatic hydroxyl groups is 1. The van der Waals surface area contributed by atoms with Crippen molar-refractivity contribution in [2.45, 2.75) is 98.0 Å². The van der Waals surface area contributed by atoms with Crippen molar-refractivity contribution in [3.63, 3.8) is 0 Å². The molecule has 0 fully saturated rings. The van der Waals surface area contributed by atoms with Gasteiger partial charge in [-0.25, -0.2) is 0 Å². The molecule has 1 aliphatic rings. The molecule has 0 saturated heterocycles. The van der Waals surface area contributed by atoms with Crippen molar-refractivity contribution in [1.82, 2.24) is 4.90 Å². The fourth-order valence-electron chi connectivity index (χ4n) is 5.35. The van der Waals surface area contributed by atoms with Crippen LogP contribution in [0.15, 0.2) is 30.3 Å². The van der Waals surface area contributed by atoms with Gasteiger partial charge in [-0.1, -0.05) is 83.7 Å². The molecule has 0 spiro atoms. The molecule has 1 N–H and O–H groups in total. The molecule has 0 bridgehead atoms. The van der Waals surface area contributed by atoms with Crippen LogP contribution < -0.4 is 0 Å². The number of rotatable bonds is 13. The lowest BCUT2D eigenvalue weighted by molar-refractivity contribution is 0.111. The van der Waals surface area contributed by atoms with Crippen molar-refractivity contribution < 1.29 is 5.11 Å². The van der Waals surface area contributed by atoms with Crippen molar-refractivity contribution in [2.24, 2.45) is 11.8 Å². The lowest BCUT2D eigenvalue weighted by Gasteiger charge is -2.28. The van der Waals surface area contributed by atoms with Crippen LogP contribution in [0.1, 0.15) is 102 Å². The summed E-state index contributed by atoms with van der Waals surface area (Å²) in [5.74, 6) is 1.56. The monoisotopic (exact) mass is 473 g/mol. The zero-order chi connectivity index (χ0) is 22.9. The predicted octanol–water partition coefficient (Wildman–Crippen LogP) is 8.13. The zero-order valence-electron chi connectivity index (χ0n) is 21.6. The first-order valence-electron chi connectivity index (χ1n) is 13.4. The number of fused-ring (bicyclic) bond motifs is 3. The lowest BCUT2D eigenvalue weighted by Crippen LogP contribution is -2.31. The number of hydrogen-bond donors (Lipinski definition) is 1.